The third-order valence-corrected chi connectivity index (χ3v) is 5.32. The number of fused-ring (bicyclic) bond motifs is 3. The molecule has 0 aliphatic rings. The molecule has 0 aliphatic heterocycles. The van der Waals surface area contributed by atoms with Crippen LogP contribution in [0.25, 0.3) is 16.6 Å². The number of aromatic nitrogens is 3. The van der Waals surface area contributed by atoms with Crippen LogP contribution in [0.1, 0.15) is 24.2 Å². The zero-order chi connectivity index (χ0) is 22.1. The first-order chi connectivity index (χ1) is 14.9. The normalized spacial score (nSPS) is 12.1. The molecule has 0 fully saturated rings. The summed E-state index contributed by atoms with van der Waals surface area (Å²) < 4.78 is 14.4. The van der Waals surface area contributed by atoms with Crippen molar-refractivity contribution in [3.63, 3.8) is 0 Å². The highest BCUT2D eigenvalue weighted by Crippen LogP contribution is 2.34. The van der Waals surface area contributed by atoms with Crippen molar-refractivity contribution >= 4 is 22.5 Å². The van der Waals surface area contributed by atoms with Crippen LogP contribution in [0.15, 0.2) is 53.3 Å². The Kier molecular flexibility index (Phi) is 5.37. The van der Waals surface area contributed by atoms with Crippen LogP contribution in [0.4, 0.5) is 0 Å². The summed E-state index contributed by atoms with van der Waals surface area (Å²) in [7, 11) is 3.10. The van der Waals surface area contributed by atoms with E-state index in [1.54, 1.807) is 35.5 Å². The second kappa shape index (κ2) is 8.14. The molecule has 0 saturated carbocycles. The van der Waals surface area contributed by atoms with Crippen molar-refractivity contribution in [1.82, 2.24) is 19.5 Å². The summed E-state index contributed by atoms with van der Waals surface area (Å²) in [6.45, 7) is 3.79. The van der Waals surface area contributed by atoms with Gasteiger partial charge in [-0.2, -0.15) is 4.98 Å². The van der Waals surface area contributed by atoms with Gasteiger partial charge in [-0.05, 0) is 25.5 Å². The van der Waals surface area contributed by atoms with Crippen LogP contribution in [-0.4, -0.2) is 34.3 Å². The molecule has 8 heteroatoms. The minimum atomic E-state index is -0.339. The van der Waals surface area contributed by atoms with Gasteiger partial charge in [0.15, 0.2) is 17.1 Å². The van der Waals surface area contributed by atoms with Gasteiger partial charge in [-0.15, -0.1) is 0 Å². The Hall–Kier alpha value is -3.81. The Morgan fingerprint density at radius 2 is 1.77 bits per heavy atom. The van der Waals surface area contributed by atoms with Crippen LogP contribution in [0, 0.1) is 6.92 Å². The van der Waals surface area contributed by atoms with E-state index in [4.69, 9.17) is 9.47 Å². The summed E-state index contributed by atoms with van der Waals surface area (Å²) in [5.74, 6) is 0.883. The second-order valence-corrected chi connectivity index (χ2v) is 7.35. The van der Waals surface area contributed by atoms with E-state index in [0.29, 0.717) is 33.7 Å². The highest BCUT2D eigenvalue weighted by atomic mass is 16.5. The maximum Gasteiger partial charge on any atom is 0.273 e. The lowest BCUT2D eigenvalue weighted by Crippen LogP contribution is -2.31. The van der Waals surface area contributed by atoms with Gasteiger partial charge in [-0.3, -0.25) is 14.3 Å². The molecular formula is C23H24N4O4. The number of rotatable bonds is 6. The summed E-state index contributed by atoms with van der Waals surface area (Å²) >= 11 is 0. The summed E-state index contributed by atoms with van der Waals surface area (Å²) in [6.07, 6.45) is 0. The van der Waals surface area contributed by atoms with E-state index in [9.17, 15) is 9.59 Å². The maximum absolute atomic E-state index is 13.0. The number of amides is 1. The van der Waals surface area contributed by atoms with Crippen molar-refractivity contribution in [3.05, 3.63) is 70.1 Å². The highest BCUT2D eigenvalue weighted by molar-refractivity contribution is 5.96. The molecule has 1 N–H and O–H groups in total. The van der Waals surface area contributed by atoms with E-state index in [-0.39, 0.29) is 24.1 Å². The number of benzene rings is 2. The number of hydrogen-bond donors (Lipinski definition) is 1. The molecule has 1 atom stereocenters. The van der Waals surface area contributed by atoms with Crippen LogP contribution >= 0.6 is 0 Å². The molecule has 0 bridgehead atoms. The minimum Gasteiger partial charge on any atom is -0.493 e. The van der Waals surface area contributed by atoms with Gasteiger partial charge in [0.1, 0.15) is 6.54 Å². The number of carbonyl (C=O) groups excluding carboxylic acids is 1. The third-order valence-electron chi connectivity index (χ3n) is 5.32. The molecule has 8 nitrogen and oxygen atoms in total. The number of ether oxygens (including phenoxy) is 2. The van der Waals surface area contributed by atoms with Crippen LogP contribution < -0.4 is 20.3 Å². The average Bonchev–Trinajstić information content (AvgIpc) is 3.05. The fourth-order valence-corrected chi connectivity index (χ4v) is 3.84. The van der Waals surface area contributed by atoms with Crippen LogP contribution in [0.5, 0.6) is 11.5 Å². The van der Waals surface area contributed by atoms with Gasteiger partial charge in [0, 0.05) is 23.2 Å². The summed E-state index contributed by atoms with van der Waals surface area (Å²) in [5.41, 5.74) is 2.53. The van der Waals surface area contributed by atoms with Gasteiger partial charge >= 0.3 is 0 Å². The minimum absolute atomic E-state index is 0.0397. The number of nitrogens with zero attached hydrogens (tertiary/aromatic N) is 3. The lowest BCUT2D eigenvalue weighted by molar-refractivity contribution is -0.122. The Labute approximate surface area is 179 Å². The van der Waals surface area contributed by atoms with Crippen molar-refractivity contribution in [1.29, 1.82) is 0 Å². The zero-order valence-electron chi connectivity index (χ0n) is 17.9. The van der Waals surface area contributed by atoms with Gasteiger partial charge in [0.05, 0.1) is 25.8 Å². The summed E-state index contributed by atoms with van der Waals surface area (Å²) in [4.78, 5) is 29.2. The Morgan fingerprint density at radius 3 is 2.45 bits per heavy atom. The molecule has 0 spiro atoms. The molecule has 1 amide bonds. The first-order valence-corrected chi connectivity index (χ1v) is 9.92. The summed E-state index contributed by atoms with van der Waals surface area (Å²) in [5, 5.41) is 3.73. The van der Waals surface area contributed by atoms with Crippen molar-refractivity contribution < 1.29 is 14.3 Å². The van der Waals surface area contributed by atoms with E-state index in [2.05, 4.69) is 10.3 Å². The molecule has 0 radical (unpaired) electrons. The highest BCUT2D eigenvalue weighted by Gasteiger charge is 2.20. The first kappa shape index (κ1) is 20.5. The molecule has 2 aromatic carbocycles. The summed E-state index contributed by atoms with van der Waals surface area (Å²) in [6, 6.07) is 14.6. The van der Waals surface area contributed by atoms with Gasteiger partial charge in [-0.25, -0.2) is 4.52 Å². The molecule has 2 heterocycles. The fraction of sp³-hybridized carbons (Fsp3) is 0.261. The number of carbonyl (C=O) groups is 1. The average molecular weight is 420 g/mol. The zero-order valence-corrected chi connectivity index (χ0v) is 17.9. The third kappa shape index (κ3) is 3.72. The smallest absolute Gasteiger partial charge is 0.273 e. The molecule has 0 saturated heterocycles. The van der Waals surface area contributed by atoms with Gasteiger partial charge < -0.3 is 14.8 Å². The largest absolute Gasteiger partial charge is 0.493 e. The molecular weight excluding hydrogens is 396 g/mol. The molecule has 4 rings (SSSR count). The Balaban J connectivity index is 1.81. The fourth-order valence-electron chi connectivity index (χ4n) is 3.84. The Bertz CT molecular complexity index is 1320. The number of methoxy groups -OCH3 is 2. The lowest BCUT2D eigenvalue weighted by Gasteiger charge is -2.16. The molecule has 31 heavy (non-hydrogen) atoms. The van der Waals surface area contributed by atoms with Gasteiger partial charge in [-0.1, -0.05) is 30.3 Å². The topological polar surface area (TPSA) is 86.9 Å². The van der Waals surface area contributed by atoms with Crippen molar-refractivity contribution in [3.8, 4) is 11.5 Å². The van der Waals surface area contributed by atoms with E-state index < -0.39 is 0 Å². The van der Waals surface area contributed by atoms with Gasteiger partial charge in [0.25, 0.3) is 5.56 Å². The molecule has 0 aliphatic carbocycles. The van der Waals surface area contributed by atoms with Gasteiger partial charge in [0.2, 0.25) is 5.91 Å². The molecule has 4 aromatic rings. The van der Waals surface area contributed by atoms with Crippen molar-refractivity contribution in [2.24, 2.45) is 0 Å². The van der Waals surface area contributed by atoms with Crippen molar-refractivity contribution in [2.45, 2.75) is 26.4 Å². The van der Waals surface area contributed by atoms with E-state index >= 15 is 0 Å². The van der Waals surface area contributed by atoms with E-state index in [0.717, 1.165) is 5.56 Å². The SMILES string of the molecule is COc1cc2c(cc1OC)n(CC(=O)N[C@@H](C)c1ccccc1)n1c(C)cc(=O)nc21. The van der Waals surface area contributed by atoms with E-state index in [1.807, 2.05) is 44.2 Å². The molecule has 160 valence electrons. The first-order valence-electron chi connectivity index (χ1n) is 9.92. The van der Waals surface area contributed by atoms with Crippen molar-refractivity contribution in [2.75, 3.05) is 14.2 Å². The monoisotopic (exact) mass is 420 g/mol. The van der Waals surface area contributed by atoms with E-state index in [1.165, 1.54) is 6.07 Å². The second-order valence-electron chi connectivity index (χ2n) is 7.35. The van der Waals surface area contributed by atoms with Crippen LogP contribution in [-0.2, 0) is 11.3 Å². The van der Waals surface area contributed by atoms with Crippen LogP contribution in [0.3, 0.4) is 0 Å². The number of hydrogen-bond acceptors (Lipinski definition) is 5. The molecule has 2 aromatic heterocycles. The quantitative estimate of drug-likeness (QED) is 0.518. The van der Waals surface area contributed by atoms with Crippen LogP contribution in [0.2, 0.25) is 0 Å². The predicted molar refractivity (Wildman–Crippen MR) is 118 cm³/mol. The standard InChI is InChI=1S/C23H24N4O4/c1-14-10-21(28)25-23-17-11-19(30-3)20(31-4)12-18(17)26(27(14)23)13-22(29)24-15(2)16-8-6-5-7-9-16/h5-12,15H,13H2,1-4H3,(H,24,29)/t15-/m0/s1. The Morgan fingerprint density at radius 1 is 1.10 bits per heavy atom. The number of nitrogens with one attached hydrogen (secondary N) is 1. The molecule has 0 unspecified atom stereocenters. The predicted octanol–water partition coefficient (Wildman–Crippen LogP) is 2.85. The number of aryl methyl sites for hydroxylation is 1. The lowest BCUT2D eigenvalue weighted by atomic mass is 10.1. The maximum atomic E-state index is 13.0.